The fourth-order valence-electron chi connectivity index (χ4n) is 1.74. The summed E-state index contributed by atoms with van der Waals surface area (Å²) in [7, 11) is 0. The average Bonchev–Trinajstić information content (AvgIpc) is 2.62. The van der Waals surface area contributed by atoms with Crippen LogP contribution in [-0.4, -0.2) is 6.54 Å². The largest absolute Gasteiger partial charge is 0.310 e. The van der Waals surface area contributed by atoms with Crippen molar-refractivity contribution in [1.82, 2.24) is 5.32 Å². The predicted octanol–water partition coefficient (Wildman–Crippen LogP) is 3.53. The van der Waals surface area contributed by atoms with Gasteiger partial charge in [-0.1, -0.05) is 23.7 Å². The van der Waals surface area contributed by atoms with Crippen molar-refractivity contribution in [2.75, 3.05) is 6.54 Å². The molecule has 2 rings (SSSR count). The molecule has 0 unspecified atom stereocenters. The number of benzene rings is 1. The summed E-state index contributed by atoms with van der Waals surface area (Å²) in [5.41, 5.74) is 1.22. The Labute approximate surface area is 91.6 Å². The molecule has 0 amide bonds. The standard InChI is InChI=1S/C10H11BrClN/c11-8-4-1-3-7(10(8)12)9-5-2-6-13-9/h1,3-4,9,13H,2,5-6H2/t9-/m1/s1. The number of hydrogen-bond acceptors (Lipinski definition) is 1. The van der Waals surface area contributed by atoms with Gasteiger partial charge < -0.3 is 5.32 Å². The third-order valence-corrected chi connectivity index (χ3v) is 3.73. The van der Waals surface area contributed by atoms with Gasteiger partial charge in [0.1, 0.15) is 0 Å². The molecule has 1 nitrogen and oxygen atoms in total. The lowest BCUT2D eigenvalue weighted by Gasteiger charge is -2.12. The minimum atomic E-state index is 0.449. The van der Waals surface area contributed by atoms with E-state index in [9.17, 15) is 0 Å². The third kappa shape index (κ3) is 1.90. The molecule has 1 saturated heterocycles. The highest BCUT2D eigenvalue weighted by Crippen LogP contribution is 2.33. The summed E-state index contributed by atoms with van der Waals surface area (Å²) >= 11 is 9.62. The van der Waals surface area contributed by atoms with Gasteiger partial charge in [0.05, 0.1) is 5.02 Å². The lowest BCUT2D eigenvalue weighted by molar-refractivity contribution is 0.647. The molecule has 0 aromatic heterocycles. The van der Waals surface area contributed by atoms with Crippen LogP contribution in [0.1, 0.15) is 24.4 Å². The molecule has 1 aliphatic heterocycles. The summed E-state index contributed by atoms with van der Waals surface area (Å²) in [5, 5.41) is 4.28. The second kappa shape index (κ2) is 3.99. The Hall–Kier alpha value is -0.0500. The van der Waals surface area contributed by atoms with Crippen LogP contribution in [0.5, 0.6) is 0 Å². The number of hydrogen-bond donors (Lipinski definition) is 1. The molecule has 0 radical (unpaired) electrons. The summed E-state index contributed by atoms with van der Waals surface area (Å²) in [6.45, 7) is 1.10. The molecule has 1 aromatic rings. The summed E-state index contributed by atoms with van der Waals surface area (Å²) in [5.74, 6) is 0. The summed E-state index contributed by atoms with van der Waals surface area (Å²) < 4.78 is 0.986. The minimum absolute atomic E-state index is 0.449. The van der Waals surface area contributed by atoms with Gasteiger partial charge in [-0.2, -0.15) is 0 Å². The lowest BCUT2D eigenvalue weighted by Crippen LogP contribution is -2.13. The molecular weight excluding hydrogens is 249 g/mol. The molecule has 1 fully saturated rings. The van der Waals surface area contributed by atoms with E-state index >= 15 is 0 Å². The van der Waals surface area contributed by atoms with Crippen molar-refractivity contribution in [3.8, 4) is 0 Å². The molecule has 1 heterocycles. The molecule has 70 valence electrons. The average molecular weight is 261 g/mol. The Morgan fingerprint density at radius 1 is 1.46 bits per heavy atom. The van der Waals surface area contributed by atoms with E-state index in [1.807, 2.05) is 12.1 Å². The Balaban J connectivity index is 2.33. The van der Waals surface area contributed by atoms with Gasteiger partial charge in [0.2, 0.25) is 0 Å². The molecule has 0 saturated carbocycles. The molecule has 0 aliphatic carbocycles. The van der Waals surface area contributed by atoms with Crippen molar-refractivity contribution in [3.05, 3.63) is 33.3 Å². The molecule has 13 heavy (non-hydrogen) atoms. The number of nitrogens with one attached hydrogen (secondary N) is 1. The Morgan fingerprint density at radius 2 is 2.31 bits per heavy atom. The van der Waals surface area contributed by atoms with Crippen molar-refractivity contribution in [1.29, 1.82) is 0 Å². The summed E-state index contributed by atoms with van der Waals surface area (Å²) in [6, 6.07) is 6.55. The van der Waals surface area contributed by atoms with E-state index in [-0.39, 0.29) is 0 Å². The zero-order valence-electron chi connectivity index (χ0n) is 7.19. The van der Waals surface area contributed by atoms with Crippen LogP contribution < -0.4 is 5.32 Å². The smallest absolute Gasteiger partial charge is 0.0595 e. The lowest BCUT2D eigenvalue weighted by atomic mass is 10.1. The van der Waals surface area contributed by atoms with Crippen molar-refractivity contribution in [2.45, 2.75) is 18.9 Å². The van der Waals surface area contributed by atoms with Gasteiger partial charge in [0.25, 0.3) is 0 Å². The van der Waals surface area contributed by atoms with Gasteiger partial charge in [0.15, 0.2) is 0 Å². The van der Waals surface area contributed by atoms with Crippen LogP contribution in [-0.2, 0) is 0 Å². The normalized spacial score (nSPS) is 22.2. The quantitative estimate of drug-likeness (QED) is 0.814. The molecule has 0 bridgehead atoms. The summed E-state index contributed by atoms with van der Waals surface area (Å²) in [6.07, 6.45) is 2.43. The molecule has 1 aliphatic rings. The van der Waals surface area contributed by atoms with E-state index in [2.05, 4.69) is 27.3 Å². The molecule has 1 atom stereocenters. The van der Waals surface area contributed by atoms with Gasteiger partial charge >= 0.3 is 0 Å². The first-order valence-electron chi connectivity index (χ1n) is 4.46. The molecule has 1 aromatic carbocycles. The van der Waals surface area contributed by atoms with Crippen LogP contribution in [0, 0.1) is 0 Å². The summed E-state index contributed by atoms with van der Waals surface area (Å²) in [4.78, 5) is 0. The maximum Gasteiger partial charge on any atom is 0.0595 e. The SMILES string of the molecule is Clc1c(Br)cccc1[C@H]1CCCN1. The van der Waals surface area contributed by atoms with Crippen LogP contribution in [0.4, 0.5) is 0 Å². The number of rotatable bonds is 1. The van der Waals surface area contributed by atoms with Gasteiger partial charge in [-0.3, -0.25) is 0 Å². The van der Waals surface area contributed by atoms with Crippen LogP contribution in [0.3, 0.4) is 0 Å². The fraction of sp³-hybridized carbons (Fsp3) is 0.400. The van der Waals surface area contributed by atoms with E-state index < -0.39 is 0 Å². The van der Waals surface area contributed by atoms with Crippen molar-refractivity contribution < 1.29 is 0 Å². The predicted molar refractivity (Wildman–Crippen MR) is 59.1 cm³/mol. The Bertz CT molecular complexity index is 308. The number of halogens is 2. The van der Waals surface area contributed by atoms with Crippen LogP contribution >= 0.6 is 27.5 Å². The highest BCUT2D eigenvalue weighted by atomic mass is 79.9. The van der Waals surface area contributed by atoms with Crippen LogP contribution in [0.15, 0.2) is 22.7 Å². The van der Waals surface area contributed by atoms with Crippen molar-refractivity contribution in [3.63, 3.8) is 0 Å². The molecule has 0 spiro atoms. The van der Waals surface area contributed by atoms with Gasteiger partial charge in [-0.15, -0.1) is 0 Å². The first-order chi connectivity index (χ1) is 6.29. The highest BCUT2D eigenvalue weighted by molar-refractivity contribution is 9.10. The van der Waals surface area contributed by atoms with Crippen molar-refractivity contribution in [2.24, 2.45) is 0 Å². The zero-order valence-corrected chi connectivity index (χ0v) is 9.53. The monoisotopic (exact) mass is 259 g/mol. The molecule has 3 heteroatoms. The Morgan fingerprint density at radius 3 is 3.00 bits per heavy atom. The van der Waals surface area contributed by atoms with E-state index in [1.165, 1.54) is 18.4 Å². The highest BCUT2D eigenvalue weighted by Gasteiger charge is 2.19. The first-order valence-corrected chi connectivity index (χ1v) is 5.63. The minimum Gasteiger partial charge on any atom is -0.310 e. The second-order valence-electron chi connectivity index (χ2n) is 3.29. The first kappa shape index (κ1) is 9.50. The maximum atomic E-state index is 6.19. The van der Waals surface area contributed by atoms with Gasteiger partial charge in [0, 0.05) is 10.5 Å². The van der Waals surface area contributed by atoms with Crippen LogP contribution in [0.2, 0.25) is 5.02 Å². The second-order valence-corrected chi connectivity index (χ2v) is 4.52. The van der Waals surface area contributed by atoms with Gasteiger partial charge in [-0.05, 0) is 46.9 Å². The van der Waals surface area contributed by atoms with E-state index in [0.29, 0.717) is 6.04 Å². The Kier molecular flexibility index (Phi) is 2.92. The topological polar surface area (TPSA) is 12.0 Å². The van der Waals surface area contributed by atoms with E-state index in [0.717, 1.165) is 16.0 Å². The van der Waals surface area contributed by atoms with E-state index in [1.54, 1.807) is 0 Å². The van der Waals surface area contributed by atoms with Crippen molar-refractivity contribution >= 4 is 27.5 Å². The molecular formula is C10H11BrClN. The zero-order chi connectivity index (χ0) is 9.26. The van der Waals surface area contributed by atoms with Gasteiger partial charge in [-0.25, -0.2) is 0 Å². The maximum absolute atomic E-state index is 6.19. The van der Waals surface area contributed by atoms with E-state index in [4.69, 9.17) is 11.6 Å². The molecule has 1 N–H and O–H groups in total. The third-order valence-electron chi connectivity index (χ3n) is 2.42. The van der Waals surface area contributed by atoms with Crippen LogP contribution in [0.25, 0.3) is 0 Å². The fourth-order valence-corrected chi connectivity index (χ4v) is 2.38.